The quantitative estimate of drug-likeness (QED) is 0.697. The number of nitrogens with one attached hydrogen (secondary N) is 1. The first-order valence-corrected chi connectivity index (χ1v) is 5.75. The fourth-order valence-corrected chi connectivity index (χ4v) is 1.82. The Labute approximate surface area is 91.0 Å². The molecule has 2 N–H and O–H groups in total. The zero-order valence-electron chi connectivity index (χ0n) is 9.37. The molecule has 4 nitrogen and oxygen atoms in total. The first-order chi connectivity index (χ1) is 7.24. The molecule has 0 aliphatic carbocycles. The van der Waals surface area contributed by atoms with E-state index in [1.807, 2.05) is 6.92 Å². The lowest BCUT2D eigenvalue weighted by molar-refractivity contribution is -0.141. The molecule has 15 heavy (non-hydrogen) atoms. The summed E-state index contributed by atoms with van der Waals surface area (Å²) >= 11 is 0. The molecule has 1 fully saturated rings. The highest BCUT2D eigenvalue weighted by Gasteiger charge is 2.17. The molecular weight excluding hydrogens is 194 g/mol. The summed E-state index contributed by atoms with van der Waals surface area (Å²) in [6.45, 7) is 5.12. The number of ether oxygens (including phenoxy) is 1. The molecule has 88 valence electrons. The lowest BCUT2D eigenvalue weighted by atomic mass is 10.00. The van der Waals surface area contributed by atoms with Crippen LogP contribution in [-0.2, 0) is 9.53 Å². The highest BCUT2D eigenvalue weighted by atomic mass is 16.5. The molecule has 0 aromatic rings. The van der Waals surface area contributed by atoms with Crippen LogP contribution in [0.1, 0.15) is 26.2 Å². The predicted molar refractivity (Wildman–Crippen MR) is 57.8 cm³/mol. The number of hydrogen-bond acceptors (Lipinski definition) is 3. The fraction of sp³-hybridized carbons (Fsp3) is 0.909. The first kappa shape index (κ1) is 12.5. The van der Waals surface area contributed by atoms with Gasteiger partial charge in [0.1, 0.15) is 0 Å². The van der Waals surface area contributed by atoms with E-state index in [1.165, 1.54) is 0 Å². The Morgan fingerprint density at radius 1 is 1.53 bits per heavy atom. The largest absolute Gasteiger partial charge is 0.481 e. The van der Waals surface area contributed by atoms with E-state index in [0.717, 1.165) is 32.6 Å². The molecule has 0 aromatic heterocycles. The van der Waals surface area contributed by atoms with Crippen molar-refractivity contribution in [1.82, 2.24) is 5.32 Å². The minimum absolute atomic E-state index is 0.246. The van der Waals surface area contributed by atoms with Crippen LogP contribution in [-0.4, -0.2) is 37.4 Å². The molecule has 1 aliphatic rings. The Bertz CT molecular complexity index is 190. The van der Waals surface area contributed by atoms with Gasteiger partial charge in [0.15, 0.2) is 0 Å². The van der Waals surface area contributed by atoms with E-state index in [-0.39, 0.29) is 5.92 Å². The predicted octanol–water partition coefficient (Wildman–Crippen LogP) is 1.11. The number of carboxylic acids is 1. The number of aliphatic carboxylic acids is 1. The van der Waals surface area contributed by atoms with Crippen LogP contribution in [0.25, 0.3) is 0 Å². The monoisotopic (exact) mass is 215 g/mol. The second kappa shape index (κ2) is 6.80. The van der Waals surface area contributed by atoms with Crippen LogP contribution in [0, 0.1) is 11.8 Å². The van der Waals surface area contributed by atoms with Gasteiger partial charge in [-0.1, -0.05) is 6.92 Å². The summed E-state index contributed by atoms with van der Waals surface area (Å²) in [4.78, 5) is 10.8. The summed E-state index contributed by atoms with van der Waals surface area (Å²) in [5.74, 6) is -0.285. The smallest absolute Gasteiger partial charge is 0.307 e. The third kappa shape index (κ3) is 4.62. The van der Waals surface area contributed by atoms with Gasteiger partial charge < -0.3 is 15.2 Å². The topological polar surface area (TPSA) is 58.6 Å². The molecule has 1 atom stereocenters. The van der Waals surface area contributed by atoms with Crippen molar-refractivity contribution in [2.45, 2.75) is 26.2 Å². The standard InChI is InChI=1S/C11H21NO3/c1-2-10(11(13)14)8-12-7-9-3-5-15-6-4-9/h9-10,12H,2-8H2,1H3,(H,13,14). The van der Waals surface area contributed by atoms with E-state index in [1.54, 1.807) is 0 Å². The summed E-state index contributed by atoms with van der Waals surface area (Å²) in [7, 11) is 0. The summed E-state index contributed by atoms with van der Waals surface area (Å²) in [6.07, 6.45) is 2.88. The Hall–Kier alpha value is -0.610. The number of carbonyl (C=O) groups is 1. The third-order valence-corrected chi connectivity index (χ3v) is 3.01. The second-order valence-corrected chi connectivity index (χ2v) is 4.16. The molecule has 0 amide bonds. The van der Waals surface area contributed by atoms with Crippen molar-refractivity contribution < 1.29 is 14.6 Å². The van der Waals surface area contributed by atoms with Crippen molar-refractivity contribution in [3.63, 3.8) is 0 Å². The Kier molecular flexibility index (Phi) is 5.65. The zero-order valence-corrected chi connectivity index (χ0v) is 9.37. The summed E-state index contributed by atoms with van der Waals surface area (Å²) in [5.41, 5.74) is 0. The van der Waals surface area contributed by atoms with Gasteiger partial charge in [0, 0.05) is 19.8 Å². The van der Waals surface area contributed by atoms with Gasteiger partial charge >= 0.3 is 5.97 Å². The van der Waals surface area contributed by atoms with E-state index in [9.17, 15) is 4.79 Å². The Balaban J connectivity index is 2.11. The summed E-state index contributed by atoms with van der Waals surface area (Å²) in [6, 6.07) is 0. The molecule has 1 aliphatic heterocycles. The normalized spacial score (nSPS) is 20.1. The molecule has 1 unspecified atom stereocenters. The van der Waals surface area contributed by atoms with Gasteiger partial charge in [-0.05, 0) is 31.7 Å². The maximum atomic E-state index is 10.8. The molecule has 0 aromatic carbocycles. The first-order valence-electron chi connectivity index (χ1n) is 5.75. The van der Waals surface area contributed by atoms with Gasteiger partial charge in [0.2, 0.25) is 0 Å². The van der Waals surface area contributed by atoms with Crippen molar-refractivity contribution in [3.05, 3.63) is 0 Å². The maximum absolute atomic E-state index is 10.8. The van der Waals surface area contributed by atoms with Crippen molar-refractivity contribution in [3.8, 4) is 0 Å². The van der Waals surface area contributed by atoms with E-state index in [0.29, 0.717) is 18.9 Å². The number of carboxylic acid groups (broad SMARTS) is 1. The molecule has 0 radical (unpaired) electrons. The highest BCUT2D eigenvalue weighted by molar-refractivity contribution is 5.70. The lowest BCUT2D eigenvalue weighted by Gasteiger charge is -2.22. The van der Waals surface area contributed by atoms with Crippen molar-refractivity contribution in [2.24, 2.45) is 11.8 Å². The summed E-state index contributed by atoms with van der Waals surface area (Å²) < 4.78 is 5.26. The average molecular weight is 215 g/mol. The van der Waals surface area contributed by atoms with Crippen LogP contribution in [0.5, 0.6) is 0 Å². The Morgan fingerprint density at radius 3 is 2.73 bits per heavy atom. The molecule has 1 heterocycles. The molecule has 1 rings (SSSR count). The highest BCUT2D eigenvalue weighted by Crippen LogP contribution is 2.13. The van der Waals surface area contributed by atoms with E-state index < -0.39 is 5.97 Å². The molecule has 1 saturated heterocycles. The average Bonchev–Trinajstić information content (AvgIpc) is 2.25. The minimum atomic E-state index is -0.697. The molecule has 0 spiro atoms. The maximum Gasteiger partial charge on any atom is 0.307 e. The third-order valence-electron chi connectivity index (χ3n) is 3.01. The Morgan fingerprint density at radius 2 is 2.20 bits per heavy atom. The van der Waals surface area contributed by atoms with E-state index in [4.69, 9.17) is 9.84 Å². The van der Waals surface area contributed by atoms with Crippen LogP contribution >= 0.6 is 0 Å². The molecular formula is C11H21NO3. The van der Waals surface area contributed by atoms with Crippen LogP contribution in [0.4, 0.5) is 0 Å². The minimum Gasteiger partial charge on any atom is -0.481 e. The van der Waals surface area contributed by atoms with Crippen molar-refractivity contribution in [1.29, 1.82) is 0 Å². The molecule has 0 bridgehead atoms. The van der Waals surface area contributed by atoms with Gasteiger partial charge in [-0.3, -0.25) is 4.79 Å². The van der Waals surface area contributed by atoms with E-state index >= 15 is 0 Å². The van der Waals surface area contributed by atoms with Gasteiger partial charge in [-0.25, -0.2) is 0 Å². The molecule has 0 saturated carbocycles. The zero-order chi connectivity index (χ0) is 11.1. The van der Waals surface area contributed by atoms with Gasteiger partial charge in [0.25, 0.3) is 0 Å². The van der Waals surface area contributed by atoms with Crippen LogP contribution < -0.4 is 5.32 Å². The number of rotatable bonds is 6. The van der Waals surface area contributed by atoms with Crippen molar-refractivity contribution in [2.75, 3.05) is 26.3 Å². The van der Waals surface area contributed by atoms with Crippen LogP contribution in [0.15, 0.2) is 0 Å². The van der Waals surface area contributed by atoms with Gasteiger partial charge in [-0.15, -0.1) is 0 Å². The van der Waals surface area contributed by atoms with Gasteiger partial charge in [0.05, 0.1) is 5.92 Å². The van der Waals surface area contributed by atoms with Crippen LogP contribution in [0.2, 0.25) is 0 Å². The second-order valence-electron chi connectivity index (χ2n) is 4.16. The number of hydrogen-bond donors (Lipinski definition) is 2. The van der Waals surface area contributed by atoms with Gasteiger partial charge in [-0.2, -0.15) is 0 Å². The molecule has 4 heteroatoms. The van der Waals surface area contributed by atoms with E-state index in [2.05, 4.69) is 5.32 Å². The van der Waals surface area contributed by atoms with Crippen LogP contribution in [0.3, 0.4) is 0 Å². The van der Waals surface area contributed by atoms with Crippen molar-refractivity contribution >= 4 is 5.97 Å². The SMILES string of the molecule is CCC(CNCC1CCOCC1)C(=O)O. The summed E-state index contributed by atoms with van der Waals surface area (Å²) in [5, 5.41) is 12.1. The fourth-order valence-electron chi connectivity index (χ4n) is 1.82. The lowest BCUT2D eigenvalue weighted by Crippen LogP contribution is -2.33.